The molecule has 1 aliphatic heterocycles. The number of esters is 2. The Morgan fingerprint density at radius 2 is 1.77 bits per heavy atom. The van der Waals surface area contributed by atoms with Crippen molar-refractivity contribution >= 4 is 11.9 Å². The lowest BCUT2D eigenvalue weighted by atomic mass is 9.51. The van der Waals surface area contributed by atoms with E-state index >= 15 is 0 Å². The lowest BCUT2D eigenvalue weighted by Gasteiger charge is -2.64. The van der Waals surface area contributed by atoms with Crippen molar-refractivity contribution in [3.8, 4) is 0 Å². The Kier molecular flexibility index (Phi) is 5.08. The van der Waals surface area contributed by atoms with Crippen LogP contribution < -0.4 is 0 Å². The summed E-state index contributed by atoms with van der Waals surface area (Å²) in [6, 6.07) is 0. The molecule has 5 fully saturated rings. The quantitative estimate of drug-likeness (QED) is 0.482. The zero-order valence-corrected chi connectivity index (χ0v) is 16.3. The van der Waals surface area contributed by atoms with Crippen LogP contribution >= 0.6 is 0 Å². The highest BCUT2D eigenvalue weighted by Crippen LogP contribution is 2.64. The maximum absolute atomic E-state index is 13.9. The second-order valence-electron chi connectivity index (χ2n) is 9.00. The molecule has 0 N–H and O–H groups in total. The molecule has 1 saturated heterocycles. The summed E-state index contributed by atoms with van der Waals surface area (Å²) in [5.74, 6) is -11.9. The second-order valence-corrected chi connectivity index (χ2v) is 9.00. The lowest BCUT2D eigenvalue weighted by Crippen LogP contribution is -2.70. The summed E-state index contributed by atoms with van der Waals surface area (Å²) < 4.78 is 87.7. The first-order valence-corrected chi connectivity index (χ1v) is 9.91. The minimum atomic E-state index is -3.72. The van der Waals surface area contributed by atoms with Crippen molar-refractivity contribution < 1.29 is 50.5 Å². The van der Waals surface area contributed by atoms with Crippen LogP contribution in [0.5, 0.6) is 0 Å². The van der Waals surface area contributed by atoms with Crippen molar-refractivity contribution in [1.29, 1.82) is 0 Å². The van der Waals surface area contributed by atoms with Gasteiger partial charge in [0, 0.05) is 18.8 Å². The van der Waals surface area contributed by atoms with Gasteiger partial charge in [-0.05, 0) is 38.0 Å². The number of carbonyl (C=O) groups excluding carboxylic acids is 2. The maximum Gasteiger partial charge on any atom is 0.377 e. The molecule has 1 spiro atoms. The molecule has 11 heteroatoms. The van der Waals surface area contributed by atoms with E-state index < -0.39 is 61.2 Å². The van der Waals surface area contributed by atoms with E-state index in [-0.39, 0.29) is 30.6 Å². The molecule has 5 rings (SSSR count). The minimum absolute atomic E-state index is 0.141. The molecule has 1 heterocycles. The number of hydrogen-bond acceptors (Lipinski definition) is 6. The average Bonchev–Trinajstić information content (AvgIpc) is 2.63. The van der Waals surface area contributed by atoms with Crippen LogP contribution in [0, 0.1) is 17.8 Å². The fourth-order valence-corrected chi connectivity index (χ4v) is 5.72. The van der Waals surface area contributed by atoms with Crippen molar-refractivity contribution in [2.24, 2.45) is 17.8 Å². The smallest absolute Gasteiger partial charge is 0.377 e. The van der Waals surface area contributed by atoms with E-state index in [0.717, 1.165) is 0 Å². The van der Waals surface area contributed by atoms with Crippen LogP contribution in [0.4, 0.5) is 22.0 Å². The van der Waals surface area contributed by atoms with Crippen molar-refractivity contribution in [2.45, 2.75) is 68.4 Å². The largest absolute Gasteiger partial charge is 0.457 e. The third kappa shape index (κ3) is 3.57. The first-order chi connectivity index (χ1) is 13.9. The molecular weight excluding hydrogens is 419 g/mol. The molecule has 0 aromatic carbocycles. The van der Waals surface area contributed by atoms with Gasteiger partial charge in [0.1, 0.15) is 18.9 Å². The highest BCUT2D eigenvalue weighted by Gasteiger charge is 2.69. The maximum atomic E-state index is 13.9. The summed E-state index contributed by atoms with van der Waals surface area (Å²) in [4.78, 5) is 23.3. The summed E-state index contributed by atoms with van der Waals surface area (Å²) in [6.07, 6.45) is 0.372. The number of carbonyl (C=O) groups is 2. The SMILES string of the molecule is CC(F)(F)C(=O)OCC(=O)OC12CC3CC(C1)C1(OCC(F)(F)C(CF)O1)C(C3)C2. The van der Waals surface area contributed by atoms with Crippen molar-refractivity contribution in [3.63, 3.8) is 0 Å². The minimum Gasteiger partial charge on any atom is -0.457 e. The van der Waals surface area contributed by atoms with Gasteiger partial charge in [0.15, 0.2) is 18.5 Å². The lowest BCUT2D eigenvalue weighted by molar-refractivity contribution is -0.426. The van der Waals surface area contributed by atoms with Crippen LogP contribution in [0.3, 0.4) is 0 Å². The number of rotatable bonds is 5. The van der Waals surface area contributed by atoms with Gasteiger partial charge in [0.2, 0.25) is 0 Å². The Balaban J connectivity index is 1.45. The zero-order chi connectivity index (χ0) is 21.9. The third-order valence-electron chi connectivity index (χ3n) is 6.71. The van der Waals surface area contributed by atoms with E-state index in [0.29, 0.717) is 26.2 Å². The van der Waals surface area contributed by atoms with Gasteiger partial charge in [0.25, 0.3) is 5.92 Å². The predicted molar refractivity (Wildman–Crippen MR) is 88.4 cm³/mol. The van der Waals surface area contributed by atoms with Gasteiger partial charge in [-0.3, -0.25) is 0 Å². The average molecular weight is 442 g/mol. The molecule has 0 amide bonds. The Bertz CT molecular complexity index is 707. The van der Waals surface area contributed by atoms with E-state index in [1.54, 1.807) is 0 Å². The van der Waals surface area contributed by atoms with Gasteiger partial charge in [-0.1, -0.05) is 0 Å². The van der Waals surface area contributed by atoms with Gasteiger partial charge in [0.05, 0.1) is 0 Å². The number of hydrogen-bond donors (Lipinski definition) is 0. The van der Waals surface area contributed by atoms with E-state index in [9.17, 15) is 31.5 Å². The van der Waals surface area contributed by atoms with Crippen LogP contribution in [-0.4, -0.2) is 61.2 Å². The molecule has 0 radical (unpaired) electrons. The van der Waals surface area contributed by atoms with Crippen LogP contribution in [-0.2, 0) is 28.5 Å². The molecule has 4 aliphatic carbocycles. The fourth-order valence-electron chi connectivity index (χ4n) is 5.72. The topological polar surface area (TPSA) is 71.1 Å². The molecule has 0 aromatic heterocycles. The van der Waals surface area contributed by atoms with Gasteiger partial charge in [-0.25, -0.2) is 22.8 Å². The molecule has 170 valence electrons. The number of halogens is 5. The Morgan fingerprint density at radius 1 is 1.13 bits per heavy atom. The van der Waals surface area contributed by atoms with Crippen LogP contribution in [0.1, 0.15) is 39.0 Å². The molecule has 0 aromatic rings. The van der Waals surface area contributed by atoms with E-state index in [4.69, 9.17) is 14.2 Å². The monoisotopic (exact) mass is 442 g/mol. The highest BCUT2D eigenvalue weighted by molar-refractivity contribution is 5.80. The Labute approximate surface area is 169 Å². The Hall–Kier alpha value is -1.49. The molecule has 5 aliphatic rings. The third-order valence-corrected chi connectivity index (χ3v) is 6.71. The van der Waals surface area contributed by atoms with Crippen LogP contribution in [0.15, 0.2) is 0 Å². The first-order valence-electron chi connectivity index (χ1n) is 9.91. The van der Waals surface area contributed by atoms with Crippen molar-refractivity contribution in [3.05, 3.63) is 0 Å². The summed E-state index contributed by atoms with van der Waals surface area (Å²) in [6.45, 7) is -2.86. The summed E-state index contributed by atoms with van der Waals surface area (Å²) in [7, 11) is 0. The van der Waals surface area contributed by atoms with Gasteiger partial charge >= 0.3 is 17.9 Å². The molecule has 6 nitrogen and oxygen atoms in total. The van der Waals surface area contributed by atoms with E-state index in [1.807, 2.05) is 0 Å². The standard InChI is InChI=1S/C19H23F5O6/c1-16(21,22)15(26)27-8-14(25)30-17-4-10-2-11(5-17)19(12(3-10)6-17)28-9-18(23,24)13(7-20)29-19/h10-13H,2-9H2,1H3. The van der Waals surface area contributed by atoms with E-state index in [1.165, 1.54) is 0 Å². The first kappa shape index (κ1) is 21.7. The number of ether oxygens (including phenoxy) is 4. The van der Waals surface area contributed by atoms with Gasteiger partial charge < -0.3 is 18.9 Å². The molecule has 30 heavy (non-hydrogen) atoms. The summed E-state index contributed by atoms with van der Waals surface area (Å²) in [5.41, 5.74) is -0.933. The predicted octanol–water partition coefficient (Wildman–Crippen LogP) is 3.02. The normalized spacial score (nSPS) is 41.7. The molecule has 4 bridgehead atoms. The van der Waals surface area contributed by atoms with Crippen LogP contribution in [0.25, 0.3) is 0 Å². The zero-order valence-electron chi connectivity index (χ0n) is 16.3. The number of alkyl halides is 5. The van der Waals surface area contributed by atoms with Crippen LogP contribution in [0.2, 0.25) is 0 Å². The fraction of sp³-hybridized carbons (Fsp3) is 0.895. The van der Waals surface area contributed by atoms with Crippen molar-refractivity contribution in [2.75, 3.05) is 19.9 Å². The molecular formula is C19H23F5O6. The Morgan fingerprint density at radius 3 is 2.33 bits per heavy atom. The van der Waals surface area contributed by atoms with Gasteiger partial charge in [-0.15, -0.1) is 0 Å². The molecule has 4 saturated carbocycles. The molecule has 3 atom stereocenters. The van der Waals surface area contributed by atoms with Crippen molar-refractivity contribution in [1.82, 2.24) is 0 Å². The second kappa shape index (κ2) is 7.01. The highest BCUT2D eigenvalue weighted by atomic mass is 19.3. The summed E-state index contributed by atoms with van der Waals surface area (Å²) >= 11 is 0. The molecule has 3 unspecified atom stereocenters. The summed E-state index contributed by atoms with van der Waals surface area (Å²) in [5, 5.41) is 0. The van der Waals surface area contributed by atoms with E-state index in [2.05, 4.69) is 4.74 Å². The van der Waals surface area contributed by atoms with Gasteiger partial charge in [-0.2, -0.15) is 8.78 Å².